The smallest absolute Gasteiger partial charge is 0.246 e. The predicted molar refractivity (Wildman–Crippen MR) is 126 cm³/mol. The monoisotopic (exact) mass is 436 g/mol. The number of benzene rings is 2. The number of rotatable bonds is 6. The SMILES string of the molecule is COc1ccc(C)cc1NC(=O)C(c1ccccc1)N1CCCN(c2nccs2)CC1. The lowest BCUT2D eigenvalue weighted by molar-refractivity contribution is -0.121. The third-order valence-electron chi connectivity index (χ3n) is 5.56. The molecule has 1 saturated heterocycles. The molecule has 4 rings (SSSR count). The number of aromatic nitrogens is 1. The van der Waals surface area contributed by atoms with Crippen molar-refractivity contribution in [2.45, 2.75) is 19.4 Å². The molecule has 3 aromatic rings. The van der Waals surface area contributed by atoms with Gasteiger partial charge in [0.1, 0.15) is 11.8 Å². The fourth-order valence-electron chi connectivity index (χ4n) is 4.04. The molecule has 6 nitrogen and oxygen atoms in total. The summed E-state index contributed by atoms with van der Waals surface area (Å²) in [5.74, 6) is 0.620. The van der Waals surface area contributed by atoms with E-state index in [9.17, 15) is 4.79 Å². The number of methoxy groups -OCH3 is 1. The number of carbonyl (C=O) groups is 1. The summed E-state index contributed by atoms with van der Waals surface area (Å²) in [5, 5.41) is 6.18. The summed E-state index contributed by atoms with van der Waals surface area (Å²) in [7, 11) is 1.62. The van der Waals surface area contributed by atoms with Crippen molar-refractivity contribution in [2.75, 3.05) is 43.5 Å². The van der Waals surface area contributed by atoms with Gasteiger partial charge in [0.25, 0.3) is 0 Å². The quantitative estimate of drug-likeness (QED) is 0.623. The summed E-state index contributed by atoms with van der Waals surface area (Å²) in [6.07, 6.45) is 2.82. The lowest BCUT2D eigenvalue weighted by atomic mass is 10.0. The van der Waals surface area contributed by atoms with Crippen molar-refractivity contribution in [1.29, 1.82) is 0 Å². The first kappa shape index (κ1) is 21.3. The minimum Gasteiger partial charge on any atom is -0.495 e. The van der Waals surface area contributed by atoms with E-state index in [1.54, 1.807) is 18.4 Å². The van der Waals surface area contributed by atoms with Crippen LogP contribution >= 0.6 is 11.3 Å². The molecule has 0 radical (unpaired) electrons. The Balaban J connectivity index is 1.58. The highest BCUT2D eigenvalue weighted by Crippen LogP contribution is 2.30. The van der Waals surface area contributed by atoms with Gasteiger partial charge in [0.05, 0.1) is 12.8 Å². The summed E-state index contributed by atoms with van der Waals surface area (Å²) >= 11 is 1.66. The number of carbonyl (C=O) groups excluding carboxylic acids is 1. The van der Waals surface area contributed by atoms with Crippen molar-refractivity contribution in [2.24, 2.45) is 0 Å². The molecule has 1 fully saturated rings. The molecule has 162 valence electrons. The molecule has 0 bridgehead atoms. The van der Waals surface area contributed by atoms with Crippen LogP contribution in [0.3, 0.4) is 0 Å². The summed E-state index contributed by atoms with van der Waals surface area (Å²) in [6.45, 7) is 5.43. The van der Waals surface area contributed by atoms with Gasteiger partial charge < -0.3 is 15.0 Å². The van der Waals surface area contributed by atoms with Gasteiger partial charge in [-0.25, -0.2) is 4.98 Å². The average molecular weight is 437 g/mol. The van der Waals surface area contributed by atoms with Gasteiger partial charge in [0.15, 0.2) is 5.13 Å². The van der Waals surface area contributed by atoms with Crippen LogP contribution in [0.1, 0.15) is 23.6 Å². The Morgan fingerprint density at radius 1 is 1.13 bits per heavy atom. The molecule has 0 saturated carbocycles. The maximum atomic E-state index is 13.6. The van der Waals surface area contributed by atoms with Gasteiger partial charge in [0, 0.05) is 37.8 Å². The molecule has 2 heterocycles. The Bertz CT molecular complexity index is 994. The van der Waals surface area contributed by atoms with Crippen molar-refractivity contribution in [3.8, 4) is 5.75 Å². The Kier molecular flexibility index (Phi) is 6.84. The Morgan fingerprint density at radius 3 is 2.71 bits per heavy atom. The Morgan fingerprint density at radius 2 is 1.97 bits per heavy atom. The Labute approximate surface area is 187 Å². The van der Waals surface area contributed by atoms with E-state index >= 15 is 0 Å². The van der Waals surface area contributed by atoms with E-state index in [-0.39, 0.29) is 11.9 Å². The molecular weight excluding hydrogens is 408 g/mol. The van der Waals surface area contributed by atoms with Crippen molar-refractivity contribution < 1.29 is 9.53 Å². The molecule has 31 heavy (non-hydrogen) atoms. The zero-order valence-corrected chi connectivity index (χ0v) is 18.8. The number of ether oxygens (including phenoxy) is 1. The highest BCUT2D eigenvalue weighted by Gasteiger charge is 2.30. The standard InChI is InChI=1S/C24H28N4O2S/c1-18-9-10-21(30-2)20(17-18)26-23(29)22(19-7-4-3-5-8-19)27-12-6-13-28(15-14-27)24-25-11-16-31-24/h3-5,7-11,16-17,22H,6,12-15H2,1-2H3,(H,26,29). The van der Waals surface area contributed by atoms with E-state index in [0.717, 1.165) is 48.9 Å². The van der Waals surface area contributed by atoms with E-state index in [1.165, 1.54) is 0 Å². The van der Waals surface area contributed by atoms with Crippen LogP contribution in [0.4, 0.5) is 10.8 Å². The second-order valence-electron chi connectivity index (χ2n) is 7.70. The average Bonchev–Trinajstić information content (AvgIpc) is 3.21. The fourth-order valence-corrected chi connectivity index (χ4v) is 4.74. The number of amides is 1. The van der Waals surface area contributed by atoms with Crippen molar-refractivity contribution >= 4 is 28.1 Å². The molecule has 1 amide bonds. The van der Waals surface area contributed by atoms with E-state index < -0.39 is 0 Å². The van der Waals surface area contributed by atoms with Crippen molar-refractivity contribution in [3.63, 3.8) is 0 Å². The molecule has 2 aromatic carbocycles. The van der Waals surface area contributed by atoms with Crippen LogP contribution in [-0.2, 0) is 4.79 Å². The van der Waals surface area contributed by atoms with Crippen LogP contribution < -0.4 is 15.0 Å². The van der Waals surface area contributed by atoms with E-state index in [4.69, 9.17) is 4.74 Å². The largest absolute Gasteiger partial charge is 0.495 e. The molecule has 1 aromatic heterocycles. The number of nitrogens with one attached hydrogen (secondary N) is 1. The molecule has 0 spiro atoms. The van der Waals surface area contributed by atoms with Crippen LogP contribution in [-0.4, -0.2) is 49.1 Å². The van der Waals surface area contributed by atoms with Crippen molar-refractivity contribution in [3.05, 3.63) is 71.2 Å². The van der Waals surface area contributed by atoms with Crippen LogP contribution in [0.5, 0.6) is 5.75 Å². The van der Waals surface area contributed by atoms with E-state index in [2.05, 4.69) is 20.1 Å². The third kappa shape index (κ3) is 5.06. The second kappa shape index (κ2) is 9.94. The number of aryl methyl sites for hydroxylation is 1. The lowest BCUT2D eigenvalue weighted by Crippen LogP contribution is -2.39. The van der Waals surface area contributed by atoms with Crippen molar-refractivity contribution in [1.82, 2.24) is 9.88 Å². The first-order valence-electron chi connectivity index (χ1n) is 10.5. The van der Waals surface area contributed by atoms with Crippen LogP contribution in [0, 0.1) is 6.92 Å². The van der Waals surface area contributed by atoms with Gasteiger partial charge in [-0.15, -0.1) is 11.3 Å². The highest BCUT2D eigenvalue weighted by atomic mass is 32.1. The zero-order chi connectivity index (χ0) is 21.6. The number of nitrogens with zero attached hydrogens (tertiary/aromatic N) is 3. The van der Waals surface area contributed by atoms with Gasteiger partial charge in [-0.1, -0.05) is 36.4 Å². The van der Waals surface area contributed by atoms with Gasteiger partial charge >= 0.3 is 0 Å². The first-order chi connectivity index (χ1) is 15.2. The number of anilines is 2. The van der Waals surface area contributed by atoms with Gasteiger partial charge in [-0.05, 0) is 36.6 Å². The summed E-state index contributed by atoms with van der Waals surface area (Å²) in [6, 6.07) is 15.5. The molecular formula is C24H28N4O2S. The normalized spacial score (nSPS) is 15.9. The predicted octanol–water partition coefficient (Wildman–Crippen LogP) is 4.35. The minimum atomic E-state index is -0.373. The topological polar surface area (TPSA) is 57.7 Å². The number of hydrogen-bond acceptors (Lipinski definition) is 6. The van der Waals surface area contributed by atoms with Crippen LogP contribution in [0.15, 0.2) is 60.1 Å². The maximum absolute atomic E-state index is 13.6. The maximum Gasteiger partial charge on any atom is 0.246 e. The lowest BCUT2D eigenvalue weighted by Gasteiger charge is -2.30. The molecule has 1 aliphatic rings. The van der Waals surface area contributed by atoms with Gasteiger partial charge in [-0.3, -0.25) is 9.69 Å². The number of thiazole rings is 1. The molecule has 1 N–H and O–H groups in total. The fraction of sp³-hybridized carbons (Fsp3) is 0.333. The van der Waals surface area contributed by atoms with Crippen LogP contribution in [0.25, 0.3) is 0 Å². The van der Waals surface area contributed by atoms with Crippen LogP contribution in [0.2, 0.25) is 0 Å². The summed E-state index contributed by atoms with van der Waals surface area (Å²) in [5.41, 5.74) is 2.77. The molecule has 0 aliphatic carbocycles. The molecule has 1 unspecified atom stereocenters. The highest BCUT2D eigenvalue weighted by molar-refractivity contribution is 7.13. The second-order valence-corrected chi connectivity index (χ2v) is 8.57. The Hall–Kier alpha value is -2.90. The zero-order valence-electron chi connectivity index (χ0n) is 18.0. The number of hydrogen-bond donors (Lipinski definition) is 1. The first-order valence-corrected chi connectivity index (χ1v) is 11.4. The van der Waals surface area contributed by atoms with Gasteiger partial charge in [-0.2, -0.15) is 0 Å². The molecule has 1 aliphatic heterocycles. The summed E-state index contributed by atoms with van der Waals surface area (Å²) < 4.78 is 5.47. The third-order valence-corrected chi connectivity index (χ3v) is 6.39. The summed E-state index contributed by atoms with van der Waals surface area (Å²) in [4.78, 5) is 22.6. The van der Waals surface area contributed by atoms with Gasteiger partial charge in [0.2, 0.25) is 5.91 Å². The molecule has 7 heteroatoms. The van der Waals surface area contributed by atoms with E-state index in [1.807, 2.05) is 67.0 Å². The van der Waals surface area contributed by atoms with E-state index in [0.29, 0.717) is 11.4 Å². The minimum absolute atomic E-state index is 0.0437. The molecule has 1 atom stereocenters.